The Labute approximate surface area is 180 Å². The van der Waals surface area contributed by atoms with Gasteiger partial charge >= 0.3 is 0 Å². The van der Waals surface area contributed by atoms with Crippen LogP contribution in [0, 0.1) is 13.8 Å². The highest BCUT2D eigenvalue weighted by molar-refractivity contribution is 6.16. The lowest BCUT2D eigenvalue weighted by molar-refractivity contribution is 0.672. The van der Waals surface area contributed by atoms with Crippen LogP contribution in [0.3, 0.4) is 0 Å². The number of hydrogen-bond donors (Lipinski definition) is 0. The maximum absolute atomic E-state index is 6.42. The highest BCUT2D eigenvalue weighted by Gasteiger charge is 2.15. The predicted octanol–water partition coefficient (Wildman–Crippen LogP) is 8.09. The fourth-order valence-corrected chi connectivity index (χ4v) is 4.60. The fraction of sp³-hybridized carbons (Fsp3) is 0.0690. The Morgan fingerprint density at radius 1 is 0.677 bits per heavy atom. The van der Waals surface area contributed by atoms with Crippen LogP contribution in [0.1, 0.15) is 11.1 Å². The van der Waals surface area contributed by atoms with Crippen molar-refractivity contribution in [3.63, 3.8) is 0 Å². The molecule has 0 aliphatic carbocycles. The second-order valence-corrected chi connectivity index (χ2v) is 8.18. The SMILES string of the molecule is Cc1cnc(-c2cc(C)c3c(c2)oc2c4ccccc4ccc23)cc1-c1ccccc1. The number of benzene rings is 4. The molecule has 31 heavy (non-hydrogen) atoms. The Morgan fingerprint density at radius 2 is 1.48 bits per heavy atom. The minimum atomic E-state index is 0.907. The third-order valence-electron chi connectivity index (χ3n) is 6.14. The van der Waals surface area contributed by atoms with E-state index in [1.54, 1.807) is 0 Å². The van der Waals surface area contributed by atoms with Crippen molar-refractivity contribution in [1.82, 2.24) is 4.98 Å². The average molecular weight is 399 g/mol. The first-order valence-corrected chi connectivity index (χ1v) is 10.6. The molecule has 0 aliphatic rings. The van der Waals surface area contributed by atoms with Crippen molar-refractivity contribution in [2.45, 2.75) is 13.8 Å². The summed E-state index contributed by atoms with van der Waals surface area (Å²) in [6, 6.07) is 29.7. The molecular weight excluding hydrogens is 378 g/mol. The fourth-order valence-electron chi connectivity index (χ4n) is 4.60. The summed E-state index contributed by atoms with van der Waals surface area (Å²) in [6.45, 7) is 4.26. The van der Waals surface area contributed by atoms with Gasteiger partial charge < -0.3 is 4.42 Å². The van der Waals surface area contributed by atoms with E-state index in [2.05, 4.69) is 92.7 Å². The number of rotatable bonds is 2. The van der Waals surface area contributed by atoms with Crippen molar-refractivity contribution in [3.8, 4) is 22.4 Å². The van der Waals surface area contributed by atoms with E-state index in [0.29, 0.717) is 0 Å². The third kappa shape index (κ3) is 2.83. The second-order valence-electron chi connectivity index (χ2n) is 8.18. The minimum absolute atomic E-state index is 0.907. The predicted molar refractivity (Wildman–Crippen MR) is 129 cm³/mol. The summed E-state index contributed by atoms with van der Waals surface area (Å²) in [4.78, 5) is 4.74. The molecule has 0 amide bonds. The molecule has 6 rings (SSSR count). The van der Waals surface area contributed by atoms with Gasteiger partial charge in [-0.1, -0.05) is 60.7 Å². The smallest absolute Gasteiger partial charge is 0.143 e. The minimum Gasteiger partial charge on any atom is -0.455 e. The molecule has 0 radical (unpaired) electrons. The zero-order chi connectivity index (χ0) is 20.9. The Balaban J connectivity index is 1.58. The molecule has 2 aromatic heterocycles. The van der Waals surface area contributed by atoms with Gasteiger partial charge in [-0.2, -0.15) is 0 Å². The van der Waals surface area contributed by atoms with E-state index in [4.69, 9.17) is 9.40 Å². The van der Waals surface area contributed by atoms with Gasteiger partial charge in [0.25, 0.3) is 0 Å². The lowest BCUT2D eigenvalue weighted by atomic mass is 9.97. The van der Waals surface area contributed by atoms with Crippen LogP contribution < -0.4 is 0 Å². The second kappa shape index (κ2) is 6.82. The summed E-state index contributed by atoms with van der Waals surface area (Å²) in [5.41, 5.74) is 8.68. The van der Waals surface area contributed by atoms with E-state index >= 15 is 0 Å². The topological polar surface area (TPSA) is 26.0 Å². The van der Waals surface area contributed by atoms with Gasteiger partial charge in [0.15, 0.2) is 0 Å². The molecule has 0 N–H and O–H groups in total. The Morgan fingerprint density at radius 3 is 2.35 bits per heavy atom. The van der Waals surface area contributed by atoms with Crippen LogP contribution in [-0.4, -0.2) is 4.98 Å². The lowest BCUT2D eigenvalue weighted by Crippen LogP contribution is -1.90. The van der Waals surface area contributed by atoms with Gasteiger partial charge in [0.2, 0.25) is 0 Å². The normalized spacial score (nSPS) is 11.5. The lowest BCUT2D eigenvalue weighted by Gasteiger charge is -2.10. The zero-order valence-electron chi connectivity index (χ0n) is 17.5. The van der Waals surface area contributed by atoms with E-state index in [0.717, 1.165) is 27.8 Å². The summed E-state index contributed by atoms with van der Waals surface area (Å²) >= 11 is 0. The van der Waals surface area contributed by atoms with Gasteiger partial charge in [-0.05, 0) is 65.8 Å². The quantitative estimate of drug-likeness (QED) is 0.294. The average Bonchev–Trinajstić information content (AvgIpc) is 3.19. The monoisotopic (exact) mass is 399 g/mol. The van der Waals surface area contributed by atoms with Crippen molar-refractivity contribution in [3.05, 3.63) is 102 Å². The molecule has 6 aromatic rings. The molecule has 148 valence electrons. The number of hydrogen-bond acceptors (Lipinski definition) is 2. The molecule has 0 fully saturated rings. The van der Waals surface area contributed by atoms with Gasteiger partial charge in [-0.25, -0.2) is 0 Å². The molecule has 2 heteroatoms. The van der Waals surface area contributed by atoms with Gasteiger partial charge in [0.05, 0.1) is 5.69 Å². The van der Waals surface area contributed by atoms with Crippen LogP contribution in [0.5, 0.6) is 0 Å². The summed E-state index contributed by atoms with van der Waals surface area (Å²) in [5.74, 6) is 0. The molecule has 0 saturated heterocycles. The van der Waals surface area contributed by atoms with Gasteiger partial charge in [0.1, 0.15) is 11.2 Å². The molecule has 0 saturated carbocycles. The largest absolute Gasteiger partial charge is 0.455 e. The number of fused-ring (bicyclic) bond motifs is 5. The first-order chi connectivity index (χ1) is 15.2. The summed E-state index contributed by atoms with van der Waals surface area (Å²) in [6.07, 6.45) is 1.96. The third-order valence-corrected chi connectivity index (χ3v) is 6.14. The molecule has 0 aliphatic heterocycles. The van der Waals surface area contributed by atoms with E-state index in [1.165, 1.54) is 38.4 Å². The van der Waals surface area contributed by atoms with Crippen molar-refractivity contribution < 1.29 is 4.42 Å². The van der Waals surface area contributed by atoms with Crippen LogP contribution in [0.2, 0.25) is 0 Å². The van der Waals surface area contributed by atoms with E-state index < -0.39 is 0 Å². The molecule has 2 nitrogen and oxygen atoms in total. The highest BCUT2D eigenvalue weighted by atomic mass is 16.3. The summed E-state index contributed by atoms with van der Waals surface area (Å²) < 4.78 is 6.42. The Kier molecular flexibility index (Phi) is 3.94. The Hall–Kier alpha value is -3.91. The summed E-state index contributed by atoms with van der Waals surface area (Å²) in [7, 11) is 0. The van der Waals surface area contributed by atoms with Crippen molar-refractivity contribution >= 4 is 32.7 Å². The molecule has 0 atom stereocenters. The van der Waals surface area contributed by atoms with Crippen molar-refractivity contribution in [2.24, 2.45) is 0 Å². The van der Waals surface area contributed by atoms with Crippen LogP contribution in [0.15, 0.2) is 95.5 Å². The molecular formula is C29H21NO. The molecule has 0 spiro atoms. The first kappa shape index (κ1) is 17.9. The number of pyridine rings is 1. The van der Waals surface area contributed by atoms with Gasteiger partial charge in [-0.15, -0.1) is 0 Å². The van der Waals surface area contributed by atoms with Crippen molar-refractivity contribution in [1.29, 1.82) is 0 Å². The molecule has 4 aromatic carbocycles. The maximum Gasteiger partial charge on any atom is 0.143 e. The maximum atomic E-state index is 6.42. The summed E-state index contributed by atoms with van der Waals surface area (Å²) in [5, 5.41) is 4.69. The van der Waals surface area contributed by atoms with Crippen LogP contribution in [-0.2, 0) is 0 Å². The number of aromatic nitrogens is 1. The van der Waals surface area contributed by atoms with Crippen LogP contribution >= 0.6 is 0 Å². The number of nitrogens with zero attached hydrogens (tertiary/aromatic N) is 1. The van der Waals surface area contributed by atoms with Crippen molar-refractivity contribution in [2.75, 3.05) is 0 Å². The molecule has 2 heterocycles. The Bertz CT molecular complexity index is 1590. The standard InChI is InChI=1S/C29H21NO/c1-18-14-22(26-16-25(19(2)17-30-26)20-8-4-3-5-9-20)15-27-28(18)24-13-12-21-10-6-7-11-23(21)29(24)31-27/h3-17H,1-2H3. The van der Waals surface area contributed by atoms with Crippen LogP contribution in [0.4, 0.5) is 0 Å². The van der Waals surface area contributed by atoms with E-state index in [9.17, 15) is 0 Å². The molecule has 0 bridgehead atoms. The van der Waals surface area contributed by atoms with E-state index in [1.807, 2.05) is 12.3 Å². The first-order valence-electron chi connectivity index (χ1n) is 10.6. The highest BCUT2D eigenvalue weighted by Crippen LogP contribution is 2.38. The molecule has 0 unspecified atom stereocenters. The zero-order valence-corrected chi connectivity index (χ0v) is 17.5. The van der Waals surface area contributed by atoms with Gasteiger partial charge in [-0.3, -0.25) is 4.98 Å². The number of furan rings is 1. The van der Waals surface area contributed by atoms with Gasteiger partial charge in [0, 0.05) is 27.9 Å². The van der Waals surface area contributed by atoms with Crippen LogP contribution in [0.25, 0.3) is 55.1 Å². The number of aryl methyl sites for hydroxylation is 2. The van der Waals surface area contributed by atoms with E-state index in [-0.39, 0.29) is 0 Å².